The standard InChI is InChI=1S/C25H40O5/c1-14(27)29-16-11-22(3,4)18-8-9-23(5)19(24(18,6)12-16)10-20(30-15(2)28)25(7)17(13-26)21(23)25/h16-21,26H,8-13H2,1-7H3/t16-,17+,18-,19-,20+,21-,23+,24-,25+/m0/s1. The molecule has 0 unspecified atom stereocenters. The average Bonchev–Trinajstić information content (AvgIpc) is 3.22. The van der Waals surface area contributed by atoms with Gasteiger partial charge in [-0.15, -0.1) is 0 Å². The zero-order chi connectivity index (χ0) is 22.3. The van der Waals surface area contributed by atoms with Gasteiger partial charge in [-0.1, -0.05) is 34.6 Å². The smallest absolute Gasteiger partial charge is 0.302 e. The van der Waals surface area contributed by atoms with Gasteiger partial charge in [-0.3, -0.25) is 9.59 Å². The molecular weight excluding hydrogens is 380 g/mol. The van der Waals surface area contributed by atoms with E-state index in [-0.39, 0.29) is 58.3 Å². The zero-order valence-corrected chi connectivity index (χ0v) is 19.8. The van der Waals surface area contributed by atoms with Crippen molar-refractivity contribution in [2.75, 3.05) is 6.61 Å². The van der Waals surface area contributed by atoms with Crippen LogP contribution in [0.25, 0.3) is 0 Å². The van der Waals surface area contributed by atoms with Gasteiger partial charge < -0.3 is 14.6 Å². The van der Waals surface area contributed by atoms with E-state index in [4.69, 9.17) is 9.47 Å². The maximum atomic E-state index is 11.9. The number of hydrogen-bond acceptors (Lipinski definition) is 5. The number of aliphatic hydroxyl groups is 1. The molecule has 4 fully saturated rings. The third-order valence-electron chi connectivity index (χ3n) is 10.2. The molecule has 0 bridgehead atoms. The van der Waals surface area contributed by atoms with Crippen LogP contribution in [-0.2, 0) is 19.1 Å². The Morgan fingerprint density at radius 2 is 1.57 bits per heavy atom. The first-order valence-electron chi connectivity index (χ1n) is 11.8. The summed E-state index contributed by atoms with van der Waals surface area (Å²) in [7, 11) is 0. The Hall–Kier alpha value is -1.10. The molecule has 5 nitrogen and oxygen atoms in total. The van der Waals surface area contributed by atoms with E-state index in [1.807, 2.05) is 0 Å². The molecular formula is C25H40O5. The van der Waals surface area contributed by atoms with E-state index < -0.39 is 0 Å². The number of ether oxygens (including phenoxy) is 2. The van der Waals surface area contributed by atoms with Crippen LogP contribution in [0.3, 0.4) is 0 Å². The van der Waals surface area contributed by atoms with Crippen LogP contribution in [-0.4, -0.2) is 35.9 Å². The highest BCUT2D eigenvalue weighted by atomic mass is 16.5. The van der Waals surface area contributed by atoms with Crippen LogP contribution in [0.1, 0.15) is 80.6 Å². The van der Waals surface area contributed by atoms with E-state index in [0.717, 1.165) is 25.7 Å². The molecule has 0 aromatic rings. The number of rotatable bonds is 3. The van der Waals surface area contributed by atoms with Gasteiger partial charge in [0.2, 0.25) is 0 Å². The van der Waals surface area contributed by atoms with E-state index in [9.17, 15) is 14.7 Å². The molecule has 0 heterocycles. The van der Waals surface area contributed by atoms with Crippen molar-refractivity contribution in [2.45, 2.75) is 92.8 Å². The van der Waals surface area contributed by atoms with Gasteiger partial charge in [0, 0.05) is 25.9 Å². The summed E-state index contributed by atoms with van der Waals surface area (Å²) >= 11 is 0. The number of carbonyl (C=O) groups excluding carboxylic acids is 2. The van der Waals surface area contributed by atoms with Gasteiger partial charge in [-0.05, 0) is 72.0 Å². The topological polar surface area (TPSA) is 72.8 Å². The zero-order valence-electron chi connectivity index (χ0n) is 19.8. The highest BCUT2D eigenvalue weighted by Gasteiger charge is 2.78. The Morgan fingerprint density at radius 1 is 0.933 bits per heavy atom. The second kappa shape index (κ2) is 6.70. The molecule has 0 spiro atoms. The molecule has 4 rings (SSSR count). The summed E-state index contributed by atoms with van der Waals surface area (Å²) < 4.78 is 11.7. The largest absolute Gasteiger partial charge is 0.463 e. The third-order valence-corrected chi connectivity index (χ3v) is 10.2. The highest BCUT2D eigenvalue weighted by molar-refractivity contribution is 5.66. The lowest BCUT2D eigenvalue weighted by Gasteiger charge is -2.65. The first-order chi connectivity index (χ1) is 13.8. The molecule has 0 aliphatic heterocycles. The summed E-state index contributed by atoms with van der Waals surface area (Å²) in [5, 5.41) is 10.2. The van der Waals surface area contributed by atoms with Gasteiger partial charge in [0.05, 0.1) is 0 Å². The Balaban J connectivity index is 1.74. The third kappa shape index (κ3) is 2.90. The van der Waals surface area contributed by atoms with Crippen LogP contribution in [0.2, 0.25) is 0 Å². The molecule has 0 aromatic carbocycles. The van der Waals surface area contributed by atoms with Gasteiger partial charge in [0.1, 0.15) is 12.2 Å². The second-order valence-electron chi connectivity index (χ2n) is 12.3. The van der Waals surface area contributed by atoms with Gasteiger partial charge in [0.25, 0.3) is 0 Å². The van der Waals surface area contributed by atoms with Gasteiger partial charge in [-0.2, -0.15) is 0 Å². The molecule has 4 aliphatic rings. The number of hydrogen-bond donors (Lipinski definition) is 1. The minimum Gasteiger partial charge on any atom is -0.463 e. The van der Waals surface area contributed by atoms with Crippen molar-refractivity contribution in [3.05, 3.63) is 0 Å². The van der Waals surface area contributed by atoms with Gasteiger partial charge in [-0.25, -0.2) is 0 Å². The summed E-state index contributed by atoms with van der Waals surface area (Å²) in [6.07, 6.45) is 4.74. The van der Waals surface area contributed by atoms with Crippen LogP contribution in [0.15, 0.2) is 0 Å². The highest BCUT2D eigenvalue weighted by Crippen LogP contribution is 2.80. The SMILES string of the molecule is CC(=O)O[C@H]1CC(C)(C)[C@@H]2CC[C@]3(C)[C@H](C[C@@H](OC(C)=O)[C@@]4(C)[C@H](CO)[C@@H]34)[C@@]2(C)C1. The lowest BCUT2D eigenvalue weighted by molar-refractivity contribution is -0.206. The number of fused-ring (bicyclic) bond motifs is 5. The molecule has 4 saturated carbocycles. The van der Waals surface area contributed by atoms with Crippen molar-refractivity contribution in [2.24, 2.45) is 45.3 Å². The molecule has 0 saturated heterocycles. The van der Waals surface area contributed by atoms with Crippen molar-refractivity contribution < 1.29 is 24.2 Å². The fourth-order valence-corrected chi connectivity index (χ4v) is 9.42. The van der Waals surface area contributed by atoms with Crippen molar-refractivity contribution in [3.8, 4) is 0 Å². The normalized spacial score (nSPS) is 51.1. The van der Waals surface area contributed by atoms with Crippen LogP contribution >= 0.6 is 0 Å². The Morgan fingerprint density at radius 3 is 2.13 bits per heavy atom. The fourth-order valence-electron chi connectivity index (χ4n) is 9.42. The first-order valence-corrected chi connectivity index (χ1v) is 11.8. The molecule has 0 amide bonds. The van der Waals surface area contributed by atoms with Crippen LogP contribution in [0, 0.1) is 45.3 Å². The van der Waals surface area contributed by atoms with Crippen molar-refractivity contribution >= 4 is 11.9 Å². The van der Waals surface area contributed by atoms with Gasteiger partial charge in [0.15, 0.2) is 0 Å². The molecule has 0 radical (unpaired) electrons. The fraction of sp³-hybridized carbons (Fsp3) is 0.920. The number of carbonyl (C=O) groups is 2. The van der Waals surface area contributed by atoms with Crippen molar-refractivity contribution in [1.29, 1.82) is 0 Å². The maximum absolute atomic E-state index is 11.9. The molecule has 4 aliphatic carbocycles. The van der Waals surface area contributed by atoms with E-state index in [0.29, 0.717) is 17.8 Å². The molecule has 30 heavy (non-hydrogen) atoms. The summed E-state index contributed by atoms with van der Waals surface area (Å²) in [5.74, 6) is 1.05. The lowest BCUT2D eigenvalue weighted by atomic mass is 9.40. The van der Waals surface area contributed by atoms with Crippen molar-refractivity contribution in [1.82, 2.24) is 0 Å². The maximum Gasteiger partial charge on any atom is 0.302 e. The summed E-state index contributed by atoms with van der Waals surface area (Å²) in [5.41, 5.74) is 0.0792. The summed E-state index contributed by atoms with van der Waals surface area (Å²) in [4.78, 5) is 23.7. The van der Waals surface area contributed by atoms with Crippen molar-refractivity contribution in [3.63, 3.8) is 0 Å². The second-order valence-corrected chi connectivity index (χ2v) is 12.3. The average molecular weight is 421 g/mol. The molecule has 0 aromatic heterocycles. The predicted octanol–water partition coefficient (Wildman–Crippen LogP) is 4.36. The molecule has 5 heteroatoms. The Kier molecular flexibility index (Phi) is 4.94. The molecule has 9 atom stereocenters. The number of esters is 2. The summed E-state index contributed by atoms with van der Waals surface area (Å²) in [6, 6.07) is 0. The predicted molar refractivity (Wildman–Crippen MR) is 113 cm³/mol. The molecule has 170 valence electrons. The lowest BCUT2D eigenvalue weighted by Crippen LogP contribution is -2.61. The summed E-state index contributed by atoms with van der Waals surface area (Å²) in [6.45, 7) is 14.9. The Labute approximate surface area is 181 Å². The number of aliphatic hydroxyl groups excluding tert-OH is 1. The quantitative estimate of drug-likeness (QED) is 0.687. The Bertz CT molecular complexity index is 746. The minimum atomic E-state index is -0.230. The van der Waals surface area contributed by atoms with E-state index in [2.05, 4.69) is 34.6 Å². The van der Waals surface area contributed by atoms with Crippen LogP contribution in [0.5, 0.6) is 0 Å². The minimum absolute atomic E-state index is 0.0111. The van der Waals surface area contributed by atoms with Crippen LogP contribution < -0.4 is 0 Å². The van der Waals surface area contributed by atoms with E-state index in [1.54, 1.807) is 0 Å². The van der Waals surface area contributed by atoms with E-state index in [1.165, 1.54) is 20.3 Å². The van der Waals surface area contributed by atoms with Gasteiger partial charge >= 0.3 is 11.9 Å². The monoisotopic (exact) mass is 420 g/mol. The first kappa shape index (κ1) is 22.1. The molecule has 1 N–H and O–H groups in total. The van der Waals surface area contributed by atoms with E-state index >= 15 is 0 Å². The van der Waals surface area contributed by atoms with Crippen LogP contribution in [0.4, 0.5) is 0 Å².